The van der Waals surface area contributed by atoms with Crippen LogP contribution >= 0.6 is 0 Å². The van der Waals surface area contributed by atoms with Crippen LogP contribution in [0, 0.1) is 0 Å². The smallest absolute Gasteiger partial charge is 0.347 e. The molecular weight excluding hydrogens is 254 g/mol. The molecule has 0 bridgehead atoms. The molecule has 1 atom stereocenters. The minimum atomic E-state index is -0.534. The first kappa shape index (κ1) is 16.5. The van der Waals surface area contributed by atoms with Crippen molar-refractivity contribution in [2.75, 3.05) is 13.2 Å². The average Bonchev–Trinajstić information content (AvgIpc) is 2.46. The molecule has 0 aliphatic rings. The minimum Gasteiger partial charge on any atom is -0.479 e. The zero-order chi connectivity index (χ0) is 14.8. The molecule has 0 heterocycles. The lowest BCUT2D eigenvalue weighted by Crippen LogP contribution is -2.28. The summed E-state index contributed by atoms with van der Waals surface area (Å²) in [5, 5.41) is 3.34. The van der Waals surface area contributed by atoms with Crippen molar-refractivity contribution >= 4 is 5.97 Å². The molecule has 1 aromatic carbocycles. The van der Waals surface area contributed by atoms with Gasteiger partial charge in [0.1, 0.15) is 5.75 Å². The Balaban J connectivity index is 2.61. The van der Waals surface area contributed by atoms with E-state index in [1.54, 1.807) is 6.92 Å². The predicted octanol–water partition coefficient (Wildman–Crippen LogP) is 2.91. The molecule has 4 nitrogen and oxygen atoms in total. The minimum absolute atomic E-state index is 0.301. The SMILES string of the molecule is CCCNCc1cccc(OC(CC)C(=O)OCC)c1. The average molecular weight is 279 g/mol. The summed E-state index contributed by atoms with van der Waals surface area (Å²) < 4.78 is 10.7. The van der Waals surface area contributed by atoms with E-state index in [1.807, 2.05) is 31.2 Å². The maximum Gasteiger partial charge on any atom is 0.347 e. The van der Waals surface area contributed by atoms with Crippen molar-refractivity contribution in [1.29, 1.82) is 0 Å². The summed E-state index contributed by atoms with van der Waals surface area (Å²) in [5.74, 6) is 0.408. The van der Waals surface area contributed by atoms with E-state index in [0.29, 0.717) is 18.8 Å². The largest absolute Gasteiger partial charge is 0.479 e. The predicted molar refractivity (Wildman–Crippen MR) is 79.8 cm³/mol. The lowest BCUT2D eigenvalue weighted by atomic mass is 10.2. The molecule has 0 fully saturated rings. The first-order valence-corrected chi connectivity index (χ1v) is 7.34. The zero-order valence-corrected chi connectivity index (χ0v) is 12.6. The van der Waals surface area contributed by atoms with Crippen molar-refractivity contribution in [3.63, 3.8) is 0 Å². The van der Waals surface area contributed by atoms with Gasteiger partial charge in [0.2, 0.25) is 0 Å². The number of benzene rings is 1. The normalized spacial score (nSPS) is 11.9. The summed E-state index contributed by atoms with van der Waals surface area (Å²) in [6, 6.07) is 7.81. The van der Waals surface area contributed by atoms with Crippen LogP contribution in [0.5, 0.6) is 5.75 Å². The molecule has 1 rings (SSSR count). The number of carbonyl (C=O) groups excluding carboxylic acids is 1. The Morgan fingerprint density at radius 3 is 2.75 bits per heavy atom. The van der Waals surface area contributed by atoms with Gasteiger partial charge < -0.3 is 14.8 Å². The van der Waals surface area contributed by atoms with E-state index < -0.39 is 6.10 Å². The lowest BCUT2D eigenvalue weighted by Gasteiger charge is -2.16. The Morgan fingerprint density at radius 2 is 2.10 bits per heavy atom. The van der Waals surface area contributed by atoms with E-state index in [-0.39, 0.29) is 5.97 Å². The van der Waals surface area contributed by atoms with Gasteiger partial charge in [0.25, 0.3) is 0 Å². The van der Waals surface area contributed by atoms with Crippen LogP contribution in [0.3, 0.4) is 0 Å². The van der Waals surface area contributed by atoms with Gasteiger partial charge in [-0.25, -0.2) is 4.79 Å². The third-order valence-corrected chi connectivity index (χ3v) is 2.85. The summed E-state index contributed by atoms with van der Waals surface area (Å²) in [7, 11) is 0. The molecule has 112 valence electrons. The number of ether oxygens (including phenoxy) is 2. The van der Waals surface area contributed by atoms with Crippen molar-refractivity contribution < 1.29 is 14.3 Å². The molecule has 0 aliphatic carbocycles. The van der Waals surface area contributed by atoms with Crippen molar-refractivity contribution in [2.45, 2.75) is 46.3 Å². The van der Waals surface area contributed by atoms with Gasteiger partial charge in [-0.15, -0.1) is 0 Å². The van der Waals surface area contributed by atoms with E-state index in [9.17, 15) is 4.79 Å². The maximum absolute atomic E-state index is 11.7. The van der Waals surface area contributed by atoms with Crippen LogP contribution in [0.2, 0.25) is 0 Å². The van der Waals surface area contributed by atoms with Gasteiger partial charge in [-0.3, -0.25) is 0 Å². The third-order valence-electron chi connectivity index (χ3n) is 2.85. The Bertz CT molecular complexity index is 406. The summed E-state index contributed by atoms with van der Waals surface area (Å²) >= 11 is 0. The van der Waals surface area contributed by atoms with E-state index >= 15 is 0 Å². The monoisotopic (exact) mass is 279 g/mol. The fourth-order valence-corrected chi connectivity index (χ4v) is 1.84. The second-order valence-electron chi connectivity index (χ2n) is 4.59. The third kappa shape index (κ3) is 5.61. The van der Waals surface area contributed by atoms with Gasteiger partial charge in [0.15, 0.2) is 6.10 Å². The molecule has 0 saturated heterocycles. The standard InChI is InChI=1S/C16H25NO3/c1-4-10-17-12-13-8-7-9-14(11-13)20-15(5-2)16(18)19-6-3/h7-9,11,15,17H,4-6,10,12H2,1-3H3. The fourth-order valence-electron chi connectivity index (χ4n) is 1.84. The Kier molecular flexibility index (Phi) is 7.73. The highest BCUT2D eigenvalue weighted by atomic mass is 16.6. The molecule has 20 heavy (non-hydrogen) atoms. The quantitative estimate of drug-likeness (QED) is 0.558. The second-order valence-corrected chi connectivity index (χ2v) is 4.59. The van der Waals surface area contributed by atoms with Gasteiger partial charge in [-0.1, -0.05) is 26.0 Å². The highest BCUT2D eigenvalue weighted by Crippen LogP contribution is 2.16. The summed E-state index contributed by atoms with van der Waals surface area (Å²) in [5.41, 5.74) is 1.15. The molecule has 4 heteroatoms. The summed E-state index contributed by atoms with van der Waals surface area (Å²) in [6.07, 6.45) is 1.17. The van der Waals surface area contributed by atoms with E-state index in [4.69, 9.17) is 9.47 Å². The zero-order valence-electron chi connectivity index (χ0n) is 12.6. The van der Waals surface area contributed by atoms with Crippen LogP contribution in [-0.4, -0.2) is 25.2 Å². The van der Waals surface area contributed by atoms with Crippen LogP contribution in [0.15, 0.2) is 24.3 Å². The highest BCUT2D eigenvalue weighted by molar-refractivity contribution is 5.75. The Hall–Kier alpha value is -1.55. The van der Waals surface area contributed by atoms with Crippen LogP contribution < -0.4 is 10.1 Å². The molecule has 0 aliphatic heterocycles. The lowest BCUT2D eigenvalue weighted by molar-refractivity contribution is -0.151. The van der Waals surface area contributed by atoms with Gasteiger partial charge >= 0.3 is 5.97 Å². The molecule has 1 N–H and O–H groups in total. The molecule has 0 saturated carbocycles. The second kappa shape index (κ2) is 9.37. The van der Waals surface area contributed by atoms with Gasteiger partial charge in [-0.2, -0.15) is 0 Å². The van der Waals surface area contributed by atoms with Crippen molar-refractivity contribution in [1.82, 2.24) is 5.32 Å². The number of rotatable bonds is 9. The van der Waals surface area contributed by atoms with Gasteiger partial charge in [-0.05, 0) is 44.0 Å². The Labute approximate surface area is 121 Å². The number of nitrogens with one attached hydrogen (secondary N) is 1. The van der Waals surface area contributed by atoms with Crippen LogP contribution in [0.25, 0.3) is 0 Å². The number of hydrogen-bond donors (Lipinski definition) is 1. The topological polar surface area (TPSA) is 47.6 Å². The number of carbonyl (C=O) groups is 1. The van der Waals surface area contributed by atoms with Crippen LogP contribution in [0.1, 0.15) is 39.2 Å². The highest BCUT2D eigenvalue weighted by Gasteiger charge is 2.19. The van der Waals surface area contributed by atoms with E-state index in [0.717, 1.165) is 25.1 Å². The molecule has 0 aromatic heterocycles. The van der Waals surface area contributed by atoms with Crippen molar-refractivity contribution in [3.05, 3.63) is 29.8 Å². The molecule has 0 radical (unpaired) electrons. The molecule has 0 spiro atoms. The van der Waals surface area contributed by atoms with Gasteiger partial charge in [0.05, 0.1) is 6.61 Å². The first-order chi connectivity index (χ1) is 9.71. The summed E-state index contributed by atoms with van der Waals surface area (Å²) in [4.78, 5) is 11.7. The van der Waals surface area contributed by atoms with Crippen molar-refractivity contribution in [2.24, 2.45) is 0 Å². The maximum atomic E-state index is 11.7. The van der Waals surface area contributed by atoms with Crippen LogP contribution in [0.4, 0.5) is 0 Å². The van der Waals surface area contributed by atoms with Crippen LogP contribution in [-0.2, 0) is 16.1 Å². The molecule has 1 unspecified atom stereocenters. The fraction of sp³-hybridized carbons (Fsp3) is 0.562. The van der Waals surface area contributed by atoms with E-state index in [2.05, 4.69) is 12.2 Å². The van der Waals surface area contributed by atoms with Gasteiger partial charge in [0, 0.05) is 6.54 Å². The molecule has 1 aromatic rings. The first-order valence-electron chi connectivity index (χ1n) is 7.34. The summed E-state index contributed by atoms with van der Waals surface area (Å²) in [6.45, 7) is 8.02. The molecular formula is C16H25NO3. The number of esters is 1. The van der Waals surface area contributed by atoms with Crippen molar-refractivity contribution in [3.8, 4) is 5.75 Å². The Morgan fingerprint density at radius 1 is 1.30 bits per heavy atom. The number of hydrogen-bond acceptors (Lipinski definition) is 4. The molecule has 0 amide bonds. The van der Waals surface area contributed by atoms with E-state index in [1.165, 1.54) is 0 Å².